The highest BCUT2D eigenvalue weighted by Crippen LogP contribution is 2.17. The van der Waals surface area contributed by atoms with Gasteiger partial charge >= 0.3 is 0 Å². The standard InChI is InChI=1S/C12H13FN2O/c1-8(16)3-6-12-14-10-7-9(13)4-5-11(10)15(12)2/h4-5,7H,3,6H2,1-2H3. The number of hydrogen-bond acceptors (Lipinski definition) is 2. The van der Waals surface area contributed by atoms with Crippen molar-refractivity contribution in [2.45, 2.75) is 19.8 Å². The molecule has 0 atom stereocenters. The number of aromatic nitrogens is 2. The van der Waals surface area contributed by atoms with Gasteiger partial charge in [-0.05, 0) is 19.1 Å². The zero-order valence-corrected chi connectivity index (χ0v) is 9.33. The van der Waals surface area contributed by atoms with E-state index < -0.39 is 0 Å². The first-order valence-electron chi connectivity index (χ1n) is 5.18. The van der Waals surface area contributed by atoms with E-state index in [0.29, 0.717) is 18.4 Å². The SMILES string of the molecule is CC(=O)CCc1nc2cc(F)ccc2n1C. The molecule has 0 aliphatic rings. The monoisotopic (exact) mass is 220 g/mol. The Morgan fingerprint density at radius 2 is 2.25 bits per heavy atom. The summed E-state index contributed by atoms with van der Waals surface area (Å²) in [5, 5.41) is 0. The number of fused-ring (bicyclic) bond motifs is 1. The highest BCUT2D eigenvalue weighted by atomic mass is 19.1. The van der Waals surface area contributed by atoms with Crippen molar-refractivity contribution in [3.63, 3.8) is 0 Å². The number of halogens is 1. The van der Waals surface area contributed by atoms with E-state index in [2.05, 4.69) is 4.98 Å². The zero-order chi connectivity index (χ0) is 11.7. The molecule has 0 unspecified atom stereocenters. The Morgan fingerprint density at radius 1 is 1.50 bits per heavy atom. The minimum absolute atomic E-state index is 0.137. The molecule has 1 aromatic heterocycles. The number of aryl methyl sites for hydroxylation is 2. The van der Waals surface area contributed by atoms with Gasteiger partial charge in [0.2, 0.25) is 0 Å². The Labute approximate surface area is 92.9 Å². The molecule has 16 heavy (non-hydrogen) atoms. The molecular formula is C12H13FN2O. The van der Waals surface area contributed by atoms with Crippen LogP contribution in [0, 0.1) is 5.82 Å². The lowest BCUT2D eigenvalue weighted by Crippen LogP contribution is -2.01. The summed E-state index contributed by atoms with van der Waals surface area (Å²) in [4.78, 5) is 15.2. The van der Waals surface area contributed by atoms with Gasteiger partial charge in [-0.3, -0.25) is 0 Å². The van der Waals surface area contributed by atoms with E-state index in [4.69, 9.17) is 0 Å². The molecule has 2 aromatic rings. The number of nitrogens with zero attached hydrogens (tertiary/aromatic N) is 2. The Hall–Kier alpha value is -1.71. The lowest BCUT2D eigenvalue weighted by atomic mass is 10.2. The largest absolute Gasteiger partial charge is 0.331 e. The molecule has 0 radical (unpaired) electrons. The van der Waals surface area contributed by atoms with E-state index in [9.17, 15) is 9.18 Å². The molecule has 0 N–H and O–H groups in total. The number of carbonyl (C=O) groups excluding carboxylic acids is 1. The number of Topliss-reactive ketones (excluding diaryl/α,β-unsaturated/α-hetero) is 1. The minimum atomic E-state index is -0.288. The molecule has 84 valence electrons. The Balaban J connectivity index is 2.39. The van der Waals surface area contributed by atoms with Crippen molar-refractivity contribution in [3.8, 4) is 0 Å². The fraction of sp³-hybridized carbons (Fsp3) is 0.333. The van der Waals surface area contributed by atoms with Crippen molar-refractivity contribution in [2.24, 2.45) is 7.05 Å². The van der Waals surface area contributed by atoms with Crippen LogP contribution in [0.15, 0.2) is 18.2 Å². The fourth-order valence-corrected chi connectivity index (χ4v) is 1.73. The van der Waals surface area contributed by atoms with Crippen LogP contribution < -0.4 is 0 Å². The summed E-state index contributed by atoms with van der Waals surface area (Å²) in [5.74, 6) is 0.665. The molecule has 1 heterocycles. The van der Waals surface area contributed by atoms with Gasteiger partial charge in [0, 0.05) is 26.0 Å². The van der Waals surface area contributed by atoms with Crippen LogP contribution in [-0.4, -0.2) is 15.3 Å². The zero-order valence-electron chi connectivity index (χ0n) is 9.33. The van der Waals surface area contributed by atoms with Gasteiger partial charge in [-0.1, -0.05) is 0 Å². The molecule has 0 amide bonds. The third-order valence-electron chi connectivity index (χ3n) is 2.64. The molecule has 4 heteroatoms. The second kappa shape index (κ2) is 4.04. The van der Waals surface area contributed by atoms with Crippen molar-refractivity contribution in [1.29, 1.82) is 0 Å². The summed E-state index contributed by atoms with van der Waals surface area (Å²) >= 11 is 0. The Bertz CT molecular complexity index is 545. The predicted molar refractivity (Wildman–Crippen MR) is 59.7 cm³/mol. The summed E-state index contributed by atoms with van der Waals surface area (Å²) in [6, 6.07) is 4.53. The van der Waals surface area contributed by atoms with Gasteiger partial charge in [0.05, 0.1) is 11.0 Å². The van der Waals surface area contributed by atoms with Crippen molar-refractivity contribution in [3.05, 3.63) is 29.8 Å². The van der Waals surface area contributed by atoms with Crippen LogP contribution in [0.2, 0.25) is 0 Å². The second-order valence-corrected chi connectivity index (χ2v) is 3.92. The fourth-order valence-electron chi connectivity index (χ4n) is 1.73. The molecule has 3 nitrogen and oxygen atoms in total. The summed E-state index contributed by atoms with van der Waals surface area (Å²) in [6.45, 7) is 1.56. The average molecular weight is 220 g/mol. The predicted octanol–water partition coefficient (Wildman–Crippen LogP) is 2.23. The van der Waals surface area contributed by atoms with Crippen LogP contribution in [0.3, 0.4) is 0 Å². The molecule has 0 bridgehead atoms. The topological polar surface area (TPSA) is 34.9 Å². The van der Waals surface area contributed by atoms with Crippen molar-refractivity contribution in [2.75, 3.05) is 0 Å². The van der Waals surface area contributed by atoms with Crippen LogP contribution in [0.1, 0.15) is 19.2 Å². The normalized spacial score (nSPS) is 10.9. The van der Waals surface area contributed by atoms with Crippen LogP contribution in [0.25, 0.3) is 11.0 Å². The highest BCUT2D eigenvalue weighted by Gasteiger charge is 2.08. The number of benzene rings is 1. The molecule has 1 aromatic carbocycles. The second-order valence-electron chi connectivity index (χ2n) is 3.92. The van der Waals surface area contributed by atoms with Crippen molar-refractivity contribution >= 4 is 16.8 Å². The average Bonchev–Trinajstić information content (AvgIpc) is 2.52. The number of carbonyl (C=O) groups is 1. The van der Waals surface area contributed by atoms with Crippen LogP contribution >= 0.6 is 0 Å². The van der Waals surface area contributed by atoms with E-state index in [0.717, 1.165) is 11.3 Å². The van der Waals surface area contributed by atoms with Gasteiger partial charge in [0.15, 0.2) is 0 Å². The summed E-state index contributed by atoms with van der Waals surface area (Å²) in [5.41, 5.74) is 1.53. The lowest BCUT2D eigenvalue weighted by molar-refractivity contribution is -0.117. The molecule has 2 rings (SSSR count). The molecule has 0 saturated heterocycles. The number of imidazole rings is 1. The molecular weight excluding hydrogens is 207 g/mol. The summed E-state index contributed by atoms with van der Waals surface area (Å²) in [7, 11) is 1.88. The first-order valence-corrected chi connectivity index (χ1v) is 5.18. The third-order valence-corrected chi connectivity index (χ3v) is 2.64. The van der Waals surface area contributed by atoms with E-state index in [1.54, 1.807) is 13.0 Å². The highest BCUT2D eigenvalue weighted by molar-refractivity contribution is 5.77. The number of ketones is 1. The van der Waals surface area contributed by atoms with E-state index >= 15 is 0 Å². The van der Waals surface area contributed by atoms with E-state index in [1.165, 1.54) is 12.1 Å². The molecule has 0 aliphatic heterocycles. The molecule has 0 saturated carbocycles. The van der Waals surface area contributed by atoms with Crippen molar-refractivity contribution in [1.82, 2.24) is 9.55 Å². The maximum atomic E-state index is 13.0. The third kappa shape index (κ3) is 1.96. The van der Waals surface area contributed by atoms with Gasteiger partial charge in [0.25, 0.3) is 0 Å². The first-order chi connectivity index (χ1) is 7.58. The summed E-state index contributed by atoms with van der Waals surface area (Å²) < 4.78 is 14.9. The van der Waals surface area contributed by atoms with Crippen LogP contribution in [0.5, 0.6) is 0 Å². The van der Waals surface area contributed by atoms with E-state index in [-0.39, 0.29) is 11.6 Å². The van der Waals surface area contributed by atoms with Gasteiger partial charge in [-0.25, -0.2) is 9.37 Å². The van der Waals surface area contributed by atoms with Gasteiger partial charge in [-0.2, -0.15) is 0 Å². The van der Waals surface area contributed by atoms with Gasteiger partial charge in [0.1, 0.15) is 17.4 Å². The van der Waals surface area contributed by atoms with Gasteiger partial charge < -0.3 is 9.36 Å². The van der Waals surface area contributed by atoms with Crippen molar-refractivity contribution < 1.29 is 9.18 Å². The first kappa shape index (κ1) is 10.8. The Kier molecular flexibility index (Phi) is 2.73. The molecule has 0 spiro atoms. The molecule has 0 fully saturated rings. The van der Waals surface area contributed by atoms with E-state index in [1.807, 2.05) is 11.6 Å². The number of rotatable bonds is 3. The lowest BCUT2D eigenvalue weighted by Gasteiger charge is -2.00. The maximum Gasteiger partial charge on any atom is 0.130 e. The number of hydrogen-bond donors (Lipinski definition) is 0. The van der Waals surface area contributed by atoms with Crippen LogP contribution in [0.4, 0.5) is 4.39 Å². The van der Waals surface area contributed by atoms with Crippen LogP contribution in [-0.2, 0) is 18.3 Å². The van der Waals surface area contributed by atoms with Gasteiger partial charge in [-0.15, -0.1) is 0 Å². The minimum Gasteiger partial charge on any atom is -0.331 e. The Morgan fingerprint density at radius 3 is 2.94 bits per heavy atom. The quantitative estimate of drug-likeness (QED) is 0.795. The maximum absolute atomic E-state index is 13.0. The molecule has 0 aliphatic carbocycles. The smallest absolute Gasteiger partial charge is 0.130 e. The summed E-state index contributed by atoms with van der Waals surface area (Å²) in [6.07, 6.45) is 1.07.